The highest BCUT2D eigenvalue weighted by Gasteiger charge is 2.16. The average molecular weight is 626 g/mol. The molecule has 0 bridgehead atoms. The maximum absolute atomic E-state index is 13.1. The molecule has 0 fully saturated rings. The van der Waals surface area contributed by atoms with Gasteiger partial charge < -0.3 is 38.5 Å². The Morgan fingerprint density at radius 1 is 0.545 bits per heavy atom. The van der Waals surface area contributed by atoms with Gasteiger partial charge in [0.2, 0.25) is 17.7 Å². The fourth-order valence-corrected chi connectivity index (χ4v) is 5.32. The van der Waals surface area contributed by atoms with E-state index in [1.165, 1.54) is 70.6 Å². The Morgan fingerprint density at radius 3 is 1.32 bits per heavy atom. The lowest BCUT2D eigenvalue weighted by Crippen LogP contribution is -2.43. The van der Waals surface area contributed by atoms with Crippen molar-refractivity contribution in [2.24, 2.45) is 22.9 Å². The molecule has 0 aliphatic carbocycles. The van der Waals surface area contributed by atoms with E-state index in [1.54, 1.807) is 0 Å². The zero-order valence-corrected chi connectivity index (χ0v) is 28.4. The van der Waals surface area contributed by atoms with Crippen molar-refractivity contribution in [3.63, 3.8) is 0 Å². The van der Waals surface area contributed by atoms with Gasteiger partial charge in [0.25, 0.3) is 0 Å². The molecule has 0 saturated carbocycles. The van der Waals surface area contributed by atoms with Crippen LogP contribution in [0.15, 0.2) is 0 Å². The number of amides is 3. The first-order valence-corrected chi connectivity index (χ1v) is 18.1. The molecule has 0 spiro atoms. The first-order chi connectivity index (χ1) is 21.4. The van der Waals surface area contributed by atoms with Crippen molar-refractivity contribution in [2.75, 3.05) is 39.3 Å². The molecule has 0 saturated heterocycles. The summed E-state index contributed by atoms with van der Waals surface area (Å²) in [5.41, 5.74) is 23.0. The van der Waals surface area contributed by atoms with E-state index in [4.69, 9.17) is 22.9 Å². The number of hydrogen-bond donors (Lipinski definition) is 6. The third-order valence-corrected chi connectivity index (χ3v) is 8.27. The molecule has 44 heavy (non-hydrogen) atoms. The van der Waals surface area contributed by atoms with E-state index in [0.717, 1.165) is 38.5 Å². The van der Waals surface area contributed by atoms with E-state index in [2.05, 4.69) is 17.6 Å². The summed E-state index contributed by atoms with van der Waals surface area (Å²) in [7, 11) is 0. The first kappa shape index (κ1) is 42.2. The van der Waals surface area contributed by atoms with Gasteiger partial charge in [-0.1, -0.05) is 96.8 Å². The minimum Gasteiger partial charge on any atom is -0.355 e. The monoisotopic (exact) mass is 626 g/mol. The second-order valence-electron chi connectivity index (χ2n) is 12.4. The van der Waals surface area contributed by atoms with Gasteiger partial charge in [0.15, 0.2) is 0 Å². The zero-order chi connectivity index (χ0) is 32.7. The third-order valence-electron chi connectivity index (χ3n) is 8.27. The van der Waals surface area contributed by atoms with Crippen LogP contribution in [0, 0.1) is 0 Å². The van der Waals surface area contributed by atoms with Crippen molar-refractivity contribution in [1.29, 1.82) is 0 Å². The van der Waals surface area contributed by atoms with Crippen molar-refractivity contribution in [1.82, 2.24) is 15.5 Å². The Balaban J connectivity index is 4.41. The lowest BCUT2D eigenvalue weighted by molar-refractivity contribution is -0.131. The second-order valence-corrected chi connectivity index (χ2v) is 12.4. The molecule has 10 N–H and O–H groups in total. The van der Waals surface area contributed by atoms with Gasteiger partial charge in [-0.2, -0.15) is 0 Å². The Labute approximate surface area is 269 Å². The minimum absolute atomic E-state index is 0.141. The number of nitrogens with zero attached hydrogens (tertiary/aromatic N) is 1. The molecule has 0 aliphatic heterocycles. The summed E-state index contributed by atoms with van der Waals surface area (Å²) in [6.45, 7) is 5.53. The SMILES string of the molecule is CCCCCCCCCCCCCCCC(=O)N(CCCNC(=O)[C@@H](N)CCCCN)CCCNC(=O)[C@@H](N)CCCCN. The van der Waals surface area contributed by atoms with Gasteiger partial charge >= 0.3 is 0 Å². The molecule has 10 nitrogen and oxygen atoms in total. The topological polar surface area (TPSA) is 183 Å². The molecular formula is C34H71N7O3. The smallest absolute Gasteiger partial charge is 0.236 e. The van der Waals surface area contributed by atoms with E-state index in [0.29, 0.717) is 71.4 Å². The predicted octanol–water partition coefficient (Wildman–Crippen LogP) is 4.22. The second kappa shape index (κ2) is 31.2. The Morgan fingerprint density at radius 2 is 0.932 bits per heavy atom. The summed E-state index contributed by atoms with van der Waals surface area (Å²) in [6, 6.07) is -1.06. The summed E-state index contributed by atoms with van der Waals surface area (Å²) in [4.78, 5) is 39.5. The lowest BCUT2D eigenvalue weighted by atomic mass is 10.0. The van der Waals surface area contributed by atoms with Crippen molar-refractivity contribution in [3.8, 4) is 0 Å². The molecule has 0 aromatic heterocycles. The molecule has 3 amide bonds. The zero-order valence-electron chi connectivity index (χ0n) is 28.4. The largest absolute Gasteiger partial charge is 0.355 e. The van der Waals surface area contributed by atoms with Gasteiger partial charge in [0.05, 0.1) is 12.1 Å². The van der Waals surface area contributed by atoms with Crippen molar-refractivity contribution < 1.29 is 14.4 Å². The van der Waals surface area contributed by atoms with Crippen molar-refractivity contribution in [3.05, 3.63) is 0 Å². The van der Waals surface area contributed by atoms with Crippen LogP contribution in [0.4, 0.5) is 0 Å². The van der Waals surface area contributed by atoms with E-state index in [-0.39, 0.29) is 17.7 Å². The van der Waals surface area contributed by atoms with E-state index in [1.807, 2.05) is 4.90 Å². The predicted molar refractivity (Wildman–Crippen MR) is 184 cm³/mol. The van der Waals surface area contributed by atoms with Gasteiger partial charge in [-0.3, -0.25) is 14.4 Å². The Hall–Kier alpha value is -1.75. The number of unbranched alkanes of at least 4 members (excludes halogenated alkanes) is 14. The Kier molecular flexibility index (Phi) is 30.0. The highest BCUT2D eigenvalue weighted by molar-refractivity contribution is 5.81. The molecule has 0 radical (unpaired) electrons. The van der Waals surface area contributed by atoms with Crippen LogP contribution < -0.4 is 33.6 Å². The molecule has 10 heteroatoms. The number of nitrogens with two attached hydrogens (primary N) is 4. The summed E-state index contributed by atoms with van der Waals surface area (Å²) in [6.07, 6.45) is 23.0. The lowest BCUT2D eigenvalue weighted by Gasteiger charge is -2.23. The van der Waals surface area contributed by atoms with Crippen molar-refractivity contribution in [2.45, 2.75) is 160 Å². The molecule has 0 heterocycles. The maximum Gasteiger partial charge on any atom is 0.236 e. The highest BCUT2D eigenvalue weighted by atomic mass is 16.2. The van der Waals surface area contributed by atoms with Gasteiger partial charge in [0, 0.05) is 32.6 Å². The minimum atomic E-state index is -0.528. The maximum atomic E-state index is 13.1. The third kappa shape index (κ3) is 25.6. The van der Waals surface area contributed by atoms with Crippen LogP contribution in [0.3, 0.4) is 0 Å². The van der Waals surface area contributed by atoms with Gasteiger partial charge in [-0.05, 0) is 58.0 Å². The van der Waals surface area contributed by atoms with Gasteiger partial charge in [-0.25, -0.2) is 0 Å². The number of carbonyl (C=O) groups excluding carboxylic acids is 3. The molecule has 2 atom stereocenters. The molecular weight excluding hydrogens is 554 g/mol. The van der Waals surface area contributed by atoms with Crippen LogP contribution in [0.1, 0.15) is 148 Å². The quantitative estimate of drug-likeness (QED) is 0.0605. The highest BCUT2D eigenvalue weighted by Crippen LogP contribution is 2.13. The summed E-state index contributed by atoms with van der Waals surface area (Å²) in [5, 5.41) is 5.81. The van der Waals surface area contributed by atoms with Gasteiger partial charge in [0.1, 0.15) is 0 Å². The van der Waals surface area contributed by atoms with Crippen LogP contribution in [0.25, 0.3) is 0 Å². The van der Waals surface area contributed by atoms with Crippen LogP contribution >= 0.6 is 0 Å². The summed E-state index contributed by atoms with van der Waals surface area (Å²) in [5.74, 6) is -0.169. The van der Waals surface area contributed by atoms with E-state index in [9.17, 15) is 14.4 Å². The van der Waals surface area contributed by atoms with Crippen molar-refractivity contribution >= 4 is 17.7 Å². The first-order valence-electron chi connectivity index (χ1n) is 18.1. The number of hydrogen-bond acceptors (Lipinski definition) is 7. The van der Waals surface area contributed by atoms with Crippen LogP contribution in [0.5, 0.6) is 0 Å². The van der Waals surface area contributed by atoms with Gasteiger partial charge in [-0.15, -0.1) is 0 Å². The fraction of sp³-hybridized carbons (Fsp3) is 0.912. The molecule has 0 unspecified atom stereocenters. The van der Waals surface area contributed by atoms with E-state index < -0.39 is 12.1 Å². The number of rotatable bonds is 32. The summed E-state index contributed by atoms with van der Waals surface area (Å²) < 4.78 is 0. The normalized spacial score (nSPS) is 12.6. The van der Waals surface area contributed by atoms with Crippen LogP contribution in [0.2, 0.25) is 0 Å². The standard InChI is InChI=1S/C34H71N7O3/c1-2-3-4-5-6-7-8-9-10-11-12-13-14-23-32(42)41(28-19-26-39-33(43)30(37)21-15-17-24-35)29-20-27-40-34(44)31(38)22-16-18-25-36/h30-31H,2-29,35-38H2,1H3,(H,39,43)(H,40,44)/t30-,31-/m0/s1. The van der Waals surface area contributed by atoms with E-state index >= 15 is 0 Å². The fourth-order valence-electron chi connectivity index (χ4n) is 5.32. The molecule has 0 aromatic rings. The van der Waals surface area contributed by atoms with Crippen LogP contribution in [-0.2, 0) is 14.4 Å². The molecule has 260 valence electrons. The molecule has 0 aliphatic rings. The van der Waals surface area contributed by atoms with Crippen LogP contribution in [-0.4, -0.2) is 74.0 Å². The molecule has 0 aromatic carbocycles. The average Bonchev–Trinajstić information content (AvgIpc) is 3.02. The molecule has 0 rings (SSSR count). The summed E-state index contributed by atoms with van der Waals surface area (Å²) >= 11 is 0. The number of nitrogens with one attached hydrogen (secondary N) is 2. The number of carbonyl (C=O) groups is 3. The Bertz CT molecular complexity index is 660.